The number of hydrogen-bond acceptors (Lipinski definition) is 4. The summed E-state index contributed by atoms with van der Waals surface area (Å²) in [6, 6.07) is 1.50. The summed E-state index contributed by atoms with van der Waals surface area (Å²) in [5, 5.41) is 1.64. The lowest BCUT2D eigenvalue weighted by atomic mass is 10.0. The van der Waals surface area contributed by atoms with Gasteiger partial charge in [-0.25, -0.2) is 13.1 Å². The molecule has 124 valence electrons. The predicted molar refractivity (Wildman–Crippen MR) is 88.8 cm³/mol. The Morgan fingerprint density at radius 1 is 1.32 bits per heavy atom. The lowest BCUT2D eigenvalue weighted by Gasteiger charge is -2.26. The maximum absolute atomic E-state index is 12.4. The summed E-state index contributed by atoms with van der Waals surface area (Å²) in [6.07, 6.45) is 3.89. The van der Waals surface area contributed by atoms with E-state index in [0.717, 1.165) is 43.7 Å². The average molecular weight is 345 g/mol. The van der Waals surface area contributed by atoms with Crippen molar-refractivity contribution >= 4 is 27.3 Å². The van der Waals surface area contributed by atoms with Crippen molar-refractivity contribution in [3.63, 3.8) is 0 Å². The molecule has 5 nitrogen and oxygen atoms in total. The van der Waals surface area contributed by atoms with Gasteiger partial charge in [-0.2, -0.15) is 0 Å². The second-order valence-corrected chi connectivity index (χ2v) is 9.17. The van der Waals surface area contributed by atoms with Crippen LogP contribution in [-0.4, -0.2) is 37.9 Å². The van der Waals surface area contributed by atoms with Crippen LogP contribution in [0.2, 0.25) is 0 Å². The predicted octanol–water partition coefficient (Wildman–Crippen LogP) is 2.84. The van der Waals surface area contributed by atoms with Gasteiger partial charge in [-0.3, -0.25) is 4.79 Å². The van der Waals surface area contributed by atoms with Gasteiger partial charge in [0.1, 0.15) is 4.21 Å². The van der Waals surface area contributed by atoms with Gasteiger partial charge in [0.15, 0.2) is 0 Å². The number of thiophene rings is 1. The number of carbonyl (C=O) groups excluding carboxylic acids is 1. The minimum atomic E-state index is -3.58. The summed E-state index contributed by atoms with van der Waals surface area (Å²) >= 11 is 1.10. The Morgan fingerprint density at radius 2 is 1.95 bits per heavy atom. The van der Waals surface area contributed by atoms with Gasteiger partial charge < -0.3 is 4.90 Å². The lowest BCUT2D eigenvalue weighted by Crippen LogP contribution is -2.42. The quantitative estimate of drug-likeness (QED) is 0.893. The van der Waals surface area contributed by atoms with Gasteiger partial charge in [0.25, 0.3) is 15.9 Å². The normalized spacial score (nSPS) is 16.8. The largest absolute Gasteiger partial charge is 0.339 e. The monoisotopic (exact) mass is 344 g/mol. The topological polar surface area (TPSA) is 66.5 Å². The molecule has 0 bridgehead atoms. The smallest absolute Gasteiger partial charge is 0.254 e. The molecule has 1 aromatic heterocycles. The second-order valence-electron chi connectivity index (χ2n) is 6.35. The fourth-order valence-corrected chi connectivity index (χ4v) is 4.97. The van der Waals surface area contributed by atoms with E-state index < -0.39 is 15.6 Å². The molecule has 2 rings (SSSR count). The fourth-order valence-electron chi connectivity index (χ4n) is 2.34. The summed E-state index contributed by atoms with van der Waals surface area (Å²) in [4.78, 5) is 14.2. The molecule has 1 fully saturated rings. The molecule has 1 N–H and O–H groups in total. The Morgan fingerprint density at radius 3 is 2.55 bits per heavy atom. The minimum absolute atomic E-state index is 0.0628. The molecule has 1 amide bonds. The van der Waals surface area contributed by atoms with E-state index in [-0.39, 0.29) is 10.1 Å². The number of rotatable bonds is 5. The molecule has 7 heteroatoms. The number of sulfonamides is 1. The molecule has 22 heavy (non-hydrogen) atoms. The maximum atomic E-state index is 12.4. The van der Waals surface area contributed by atoms with Crippen LogP contribution in [0.5, 0.6) is 0 Å². The fraction of sp³-hybridized carbons (Fsp3) is 0.667. The number of nitrogens with one attached hydrogen (secondary N) is 1. The van der Waals surface area contributed by atoms with Gasteiger partial charge in [-0.15, -0.1) is 11.3 Å². The van der Waals surface area contributed by atoms with Crippen LogP contribution in [0.4, 0.5) is 0 Å². The van der Waals surface area contributed by atoms with Crippen LogP contribution in [0.25, 0.3) is 0 Å². The van der Waals surface area contributed by atoms with E-state index in [4.69, 9.17) is 0 Å². The first kappa shape index (κ1) is 17.4. The van der Waals surface area contributed by atoms with E-state index in [2.05, 4.69) is 4.72 Å². The highest BCUT2D eigenvalue weighted by molar-refractivity contribution is 7.91. The molecule has 0 radical (unpaired) electrons. The van der Waals surface area contributed by atoms with E-state index in [1.165, 1.54) is 6.07 Å². The Bertz CT molecular complexity index is 629. The van der Waals surface area contributed by atoms with Crippen LogP contribution in [0.15, 0.2) is 15.7 Å². The van der Waals surface area contributed by atoms with E-state index >= 15 is 0 Å². The van der Waals surface area contributed by atoms with Crippen molar-refractivity contribution in [3.8, 4) is 0 Å². The number of piperidine rings is 1. The molecule has 0 aromatic carbocycles. The van der Waals surface area contributed by atoms with Crippen molar-refractivity contribution in [2.45, 2.75) is 56.2 Å². The van der Waals surface area contributed by atoms with Gasteiger partial charge in [0.2, 0.25) is 0 Å². The standard InChI is InChI=1S/C15H24N2O3S2/c1-4-15(2,3)16-22(19,20)13-10-12(11-21-13)14(18)17-8-6-5-7-9-17/h10-11,16H,4-9H2,1-3H3. The first-order chi connectivity index (χ1) is 10.2. The van der Waals surface area contributed by atoms with E-state index in [0.29, 0.717) is 12.0 Å². The van der Waals surface area contributed by atoms with Gasteiger partial charge in [0, 0.05) is 24.0 Å². The van der Waals surface area contributed by atoms with Gasteiger partial charge in [-0.1, -0.05) is 6.92 Å². The molecule has 0 saturated carbocycles. The summed E-state index contributed by atoms with van der Waals surface area (Å²) < 4.78 is 27.7. The third-order valence-corrected chi connectivity index (χ3v) is 7.16. The zero-order valence-electron chi connectivity index (χ0n) is 13.4. The first-order valence-electron chi connectivity index (χ1n) is 7.67. The summed E-state index contributed by atoms with van der Waals surface area (Å²) in [6.45, 7) is 7.15. The molecule has 0 atom stereocenters. The molecule has 0 unspecified atom stereocenters. The van der Waals surface area contributed by atoms with Crippen LogP contribution in [-0.2, 0) is 10.0 Å². The number of nitrogens with zero attached hydrogens (tertiary/aromatic N) is 1. The van der Waals surface area contributed by atoms with Crippen LogP contribution in [0.3, 0.4) is 0 Å². The van der Waals surface area contributed by atoms with E-state index in [1.807, 2.05) is 25.7 Å². The van der Waals surface area contributed by atoms with Crippen molar-refractivity contribution in [2.24, 2.45) is 0 Å². The van der Waals surface area contributed by atoms with Crippen molar-refractivity contribution in [3.05, 3.63) is 17.0 Å². The van der Waals surface area contributed by atoms with Crippen LogP contribution in [0, 0.1) is 0 Å². The van der Waals surface area contributed by atoms with Crippen molar-refractivity contribution < 1.29 is 13.2 Å². The van der Waals surface area contributed by atoms with Crippen molar-refractivity contribution in [1.82, 2.24) is 9.62 Å². The maximum Gasteiger partial charge on any atom is 0.254 e. The molecule has 0 spiro atoms. The summed E-state index contributed by atoms with van der Waals surface area (Å²) in [7, 11) is -3.58. The molecule has 1 aliphatic rings. The van der Waals surface area contributed by atoms with Crippen molar-refractivity contribution in [2.75, 3.05) is 13.1 Å². The molecular formula is C15H24N2O3S2. The van der Waals surface area contributed by atoms with E-state index in [9.17, 15) is 13.2 Å². The zero-order chi connectivity index (χ0) is 16.4. The minimum Gasteiger partial charge on any atom is -0.339 e. The number of carbonyl (C=O) groups is 1. The SMILES string of the molecule is CCC(C)(C)NS(=O)(=O)c1cc(C(=O)N2CCCCC2)cs1. The highest BCUT2D eigenvalue weighted by Gasteiger charge is 2.27. The first-order valence-corrected chi connectivity index (χ1v) is 10.0. The van der Waals surface area contributed by atoms with Gasteiger partial charge in [-0.05, 0) is 45.6 Å². The van der Waals surface area contributed by atoms with Crippen LogP contribution in [0.1, 0.15) is 56.8 Å². The Kier molecular flexibility index (Phi) is 5.29. The number of likely N-dealkylation sites (tertiary alicyclic amines) is 1. The molecule has 1 saturated heterocycles. The number of hydrogen-bond donors (Lipinski definition) is 1. The Labute approximate surface area is 136 Å². The van der Waals surface area contributed by atoms with Crippen molar-refractivity contribution in [1.29, 1.82) is 0 Å². The average Bonchev–Trinajstić information content (AvgIpc) is 2.97. The third kappa shape index (κ3) is 4.08. The number of amides is 1. The van der Waals surface area contributed by atoms with Crippen LogP contribution < -0.4 is 4.72 Å². The summed E-state index contributed by atoms with van der Waals surface area (Å²) in [5.41, 5.74) is -0.0264. The molecule has 2 heterocycles. The van der Waals surface area contributed by atoms with Gasteiger partial charge >= 0.3 is 0 Å². The summed E-state index contributed by atoms with van der Waals surface area (Å²) in [5.74, 6) is -0.0628. The van der Waals surface area contributed by atoms with Crippen LogP contribution >= 0.6 is 11.3 Å². The molecular weight excluding hydrogens is 320 g/mol. The van der Waals surface area contributed by atoms with Gasteiger partial charge in [0.05, 0.1) is 5.56 Å². The lowest BCUT2D eigenvalue weighted by molar-refractivity contribution is 0.0725. The highest BCUT2D eigenvalue weighted by Crippen LogP contribution is 2.24. The highest BCUT2D eigenvalue weighted by atomic mass is 32.2. The second kappa shape index (κ2) is 6.68. The van der Waals surface area contributed by atoms with E-state index in [1.54, 1.807) is 5.38 Å². The molecule has 1 aromatic rings. The zero-order valence-corrected chi connectivity index (χ0v) is 15.0. The Balaban J connectivity index is 2.15. The Hall–Kier alpha value is -0.920. The molecule has 1 aliphatic heterocycles. The third-order valence-electron chi connectivity index (χ3n) is 4.03. The molecule has 0 aliphatic carbocycles.